The highest BCUT2D eigenvalue weighted by Gasteiger charge is 2.47. The van der Waals surface area contributed by atoms with Crippen molar-refractivity contribution in [3.8, 4) is 0 Å². The maximum atomic E-state index is 11.7. The quantitative estimate of drug-likeness (QED) is 0.276. The SMILES string of the molecule is C=COCCN(C)C(C)(C(=O)OC)C(=O)OC. The number of carbonyl (C=O) groups excluding carboxylic acids is 2. The topological polar surface area (TPSA) is 65.1 Å². The molecule has 6 heteroatoms. The lowest BCUT2D eigenvalue weighted by Gasteiger charge is -2.33. The first-order valence-corrected chi connectivity index (χ1v) is 5.05. The Morgan fingerprint density at radius 1 is 1.29 bits per heavy atom. The van der Waals surface area contributed by atoms with Crippen LogP contribution in [0, 0.1) is 0 Å². The van der Waals surface area contributed by atoms with E-state index in [0.717, 1.165) is 0 Å². The van der Waals surface area contributed by atoms with Crippen LogP contribution in [0.1, 0.15) is 6.92 Å². The van der Waals surface area contributed by atoms with Gasteiger partial charge in [0.25, 0.3) is 0 Å². The molecule has 0 aliphatic carbocycles. The summed E-state index contributed by atoms with van der Waals surface area (Å²) >= 11 is 0. The van der Waals surface area contributed by atoms with Gasteiger partial charge in [-0.2, -0.15) is 0 Å². The molecule has 0 radical (unpaired) electrons. The van der Waals surface area contributed by atoms with Crippen molar-refractivity contribution in [1.29, 1.82) is 0 Å². The van der Waals surface area contributed by atoms with Gasteiger partial charge in [-0.05, 0) is 14.0 Å². The number of carbonyl (C=O) groups is 2. The van der Waals surface area contributed by atoms with Crippen LogP contribution in [0.2, 0.25) is 0 Å². The Kier molecular flexibility index (Phi) is 6.27. The van der Waals surface area contributed by atoms with E-state index >= 15 is 0 Å². The van der Waals surface area contributed by atoms with Gasteiger partial charge in [-0.3, -0.25) is 4.90 Å². The van der Waals surface area contributed by atoms with E-state index in [1.54, 1.807) is 7.05 Å². The van der Waals surface area contributed by atoms with Gasteiger partial charge in [0.15, 0.2) is 0 Å². The molecule has 0 aromatic heterocycles. The van der Waals surface area contributed by atoms with E-state index in [-0.39, 0.29) is 0 Å². The van der Waals surface area contributed by atoms with E-state index < -0.39 is 17.5 Å². The Morgan fingerprint density at radius 3 is 2.12 bits per heavy atom. The number of nitrogens with zero attached hydrogens (tertiary/aromatic N) is 1. The van der Waals surface area contributed by atoms with Crippen LogP contribution in [-0.2, 0) is 23.8 Å². The largest absolute Gasteiger partial charge is 0.500 e. The summed E-state index contributed by atoms with van der Waals surface area (Å²) in [5.74, 6) is -1.35. The second-order valence-electron chi connectivity index (χ2n) is 3.51. The van der Waals surface area contributed by atoms with Crippen LogP contribution in [0.3, 0.4) is 0 Å². The third kappa shape index (κ3) is 3.45. The summed E-state index contributed by atoms with van der Waals surface area (Å²) in [6.07, 6.45) is 1.29. The number of esters is 2. The highest BCUT2D eigenvalue weighted by molar-refractivity contribution is 6.04. The Bertz CT molecular complexity index is 274. The molecule has 0 bridgehead atoms. The van der Waals surface area contributed by atoms with E-state index in [4.69, 9.17) is 4.74 Å². The average Bonchev–Trinajstić information content (AvgIpc) is 2.35. The van der Waals surface area contributed by atoms with Gasteiger partial charge in [-0.15, -0.1) is 0 Å². The fraction of sp³-hybridized carbons (Fsp3) is 0.636. The third-order valence-corrected chi connectivity index (χ3v) is 2.59. The minimum atomic E-state index is -1.48. The molecule has 6 nitrogen and oxygen atoms in total. The summed E-state index contributed by atoms with van der Waals surface area (Å²) in [6.45, 7) is 5.50. The molecule has 0 atom stereocenters. The van der Waals surface area contributed by atoms with Crippen LogP contribution >= 0.6 is 0 Å². The summed E-state index contributed by atoms with van der Waals surface area (Å²) in [6, 6.07) is 0. The van der Waals surface area contributed by atoms with Crippen molar-refractivity contribution >= 4 is 11.9 Å². The van der Waals surface area contributed by atoms with Crippen LogP contribution in [0.15, 0.2) is 12.8 Å². The first kappa shape index (κ1) is 15.4. The molecule has 0 heterocycles. The van der Waals surface area contributed by atoms with Crippen LogP contribution in [0.5, 0.6) is 0 Å². The van der Waals surface area contributed by atoms with Gasteiger partial charge in [0.2, 0.25) is 5.54 Å². The lowest BCUT2D eigenvalue weighted by atomic mass is 10.0. The smallest absolute Gasteiger partial charge is 0.337 e. The lowest BCUT2D eigenvalue weighted by molar-refractivity contribution is -0.169. The number of rotatable bonds is 7. The molecular formula is C11H19NO5. The number of hydrogen-bond acceptors (Lipinski definition) is 6. The fourth-order valence-corrected chi connectivity index (χ4v) is 1.29. The second-order valence-corrected chi connectivity index (χ2v) is 3.51. The van der Waals surface area contributed by atoms with E-state index in [1.165, 1.54) is 32.3 Å². The van der Waals surface area contributed by atoms with Gasteiger partial charge in [0.1, 0.15) is 0 Å². The molecular weight excluding hydrogens is 226 g/mol. The number of methoxy groups -OCH3 is 2. The zero-order chi connectivity index (χ0) is 13.5. The normalized spacial score (nSPS) is 10.9. The fourth-order valence-electron chi connectivity index (χ4n) is 1.29. The highest BCUT2D eigenvalue weighted by atomic mass is 16.5. The minimum absolute atomic E-state index is 0.309. The van der Waals surface area contributed by atoms with Crippen LogP contribution < -0.4 is 0 Å². The van der Waals surface area contributed by atoms with Crippen LogP contribution in [-0.4, -0.2) is 56.8 Å². The Morgan fingerprint density at radius 2 is 1.76 bits per heavy atom. The van der Waals surface area contributed by atoms with Gasteiger partial charge in [-0.25, -0.2) is 9.59 Å². The molecule has 0 spiro atoms. The maximum Gasteiger partial charge on any atom is 0.337 e. The Labute approximate surface area is 101 Å². The summed E-state index contributed by atoms with van der Waals surface area (Å²) < 4.78 is 14.2. The van der Waals surface area contributed by atoms with E-state index in [1.807, 2.05) is 0 Å². The predicted octanol–water partition coefficient (Wildman–Crippen LogP) is 0.183. The molecule has 0 unspecified atom stereocenters. The molecule has 0 saturated heterocycles. The van der Waals surface area contributed by atoms with E-state index in [0.29, 0.717) is 13.2 Å². The number of likely N-dealkylation sites (N-methyl/N-ethyl adjacent to an activating group) is 1. The van der Waals surface area contributed by atoms with Crippen molar-refractivity contribution in [2.24, 2.45) is 0 Å². The summed E-state index contributed by atoms with van der Waals surface area (Å²) in [5.41, 5.74) is -1.48. The molecule has 0 rings (SSSR count). The molecule has 0 aromatic carbocycles. The highest BCUT2D eigenvalue weighted by Crippen LogP contribution is 2.17. The molecule has 0 saturated carbocycles. The average molecular weight is 245 g/mol. The molecule has 0 N–H and O–H groups in total. The molecule has 17 heavy (non-hydrogen) atoms. The second kappa shape index (κ2) is 6.90. The Hall–Kier alpha value is -1.56. The zero-order valence-electron chi connectivity index (χ0n) is 10.7. The van der Waals surface area contributed by atoms with Gasteiger partial charge in [-0.1, -0.05) is 6.58 Å². The van der Waals surface area contributed by atoms with Crippen molar-refractivity contribution in [1.82, 2.24) is 4.90 Å². The molecule has 0 aromatic rings. The van der Waals surface area contributed by atoms with E-state index in [2.05, 4.69) is 16.1 Å². The number of ether oxygens (including phenoxy) is 3. The van der Waals surface area contributed by atoms with Gasteiger partial charge < -0.3 is 14.2 Å². The molecule has 0 aliphatic rings. The predicted molar refractivity (Wildman–Crippen MR) is 61.2 cm³/mol. The zero-order valence-corrected chi connectivity index (χ0v) is 10.7. The maximum absolute atomic E-state index is 11.7. The third-order valence-electron chi connectivity index (χ3n) is 2.59. The summed E-state index contributed by atoms with van der Waals surface area (Å²) in [7, 11) is 4.05. The van der Waals surface area contributed by atoms with Crippen molar-refractivity contribution < 1.29 is 23.8 Å². The Balaban J connectivity index is 4.84. The molecule has 0 fully saturated rings. The summed E-state index contributed by atoms with van der Waals surface area (Å²) in [5, 5.41) is 0. The van der Waals surface area contributed by atoms with Crippen LogP contribution in [0.25, 0.3) is 0 Å². The van der Waals surface area contributed by atoms with Crippen LogP contribution in [0.4, 0.5) is 0 Å². The van der Waals surface area contributed by atoms with Crippen molar-refractivity contribution in [2.45, 2.75) is 12.5 Å². The monoisotopic (exact) mass is 245 g/mol. The van der Waals surface area contributed by atoms with Gasteiger partial charge in [0, 0.05) is 6.54 Å². The lowest BCUT2D eigenvalue weighted by Crippen LogP contribution is -2.58. The van der Waals surface area contributed by atoms with Crippen molar-refractivity contribution in [3.05, 3.63) is 12.8 Å². The molecule has 0 amide bonds. The molecule has 98 valence electrons. The van der Waals surface area contributed by atoms with Gasteiger partial charge >= 0.3 is 11.9 Å². The first-order valence-electron chi connectivity index (χ1n) is 5.05. The molecule has 0 aliphatic heterocycles. The van der Waals surface area contributed by atoms with Crippen molar-refractivity contribution in [2.75, 3.05) is 34.4 Å². The number of hydrogen-bond donors (Lipinski definition) is 0. The first-order chi connectivity index (χ1) is 7.94. The van der Waals surface area contributed by atoms with E-state index in [9.17, 15) is 9.59 Å². The van der Waals surface area contributed by atoms with Crippen molar-refractivity contribution in [3.63, 3.8) is 0 Å². The summed E-state index contributed by atoms with van der Waals surface area (Å²) in [4.78, 5) is 24.9. The van der Waals surface area contributed by atoms with Gasteiger partial charge in [0.05, 0.1) is 27.1 Å². The standard InChI is InChI=1S/C11H19NO5/c1-6-17-8-7-12(3)11(2,9(13)15-4)10(14)16-5/h6H,1,7-8H2,2-5H3. The minimum Gasteiger partial charge on any atom is -0.500 e.